The van der Waals surface area contributed by atoms with Gasteiger partial charge in [-0.2, -0.15) is 5.26 Å². The van der Waals surface area contributed by atoms with Gasteiger partial charge in [0.1, 0.15) is 11.9 Å². The van der Waals surface area contributed by atoms with Gasteiger partial charge in [-0.1, -0.05) is 73.1 Å². The van der Waals surface area contributed by atoms with Crippen LogP contribution in [0.25, 0.3) is 0 Å². The van der Waals surface area contributed by atoms with Crippen LogP contribution in [0.5, 0.6) is 0 Å². The van der Waals surface area contributed by atoms with Crippen LogP contribution in [0.1, 0.15) is 79.2 Å². The van der Waals surface area contributed by atoms with Gasteiger partial charge in [-0.25, -0.2) is 4.39 Å². The zero-order chi connectivity index (χ0) is 27.3. The lowest BCUT2D eigenvalue weighted by atomic mass is 10.1. The molecule has 0 aromatic heterocycles. The third kappa shape index (κ3) is 8.31. The number of piperazine rings is 1. The largest absolute Gasteiger partial charge is 0.358 e. The average Bonchev–Trinajstić information content (AvgIpc) is 3.58. The van der Waals surface area contributed by atoms with Gasteiger partial charge < -0.3 is 15.5 Å². The van der Waals surface area contributed by atoms with Gasteiger partial charge in [-0.3, -0.25) is 9.69 Å². The highest BCUT2D eigenvalue weighted by Crippen LogP contribution is 2.33. The molecule has 202 valence electrons. The number of carbonyl (C=O) groups excluding carboxylic acids is 1. The fourth-order valence-electron chi connectivity index (χ4n) is 4.74. The number of rotatable bonds is 6. The maximum atomic E-state index is 13.1. The zero-order valence-corrected chi connectivity index (χ0v) is 23.3. The summed E-state index contributed by atoms with van der Waals surface area (Å²) in [6.07, 6.45) is 5.15. The summed E-state index contributed by atoms with van der Waals surface area (Å²) in [4.78, 5) is 18.9. The molecule has 2 N–H and O–H groups in total. The van der Waals surface area contributed by atoms with Crippen LogP contribution in [0.2, 0.25) is 0 Å². The van der Waals surface area contributed by atoms with Crippen LogP contribution in [0.3, 0.4) is 0 Å². The predicted octanol–water partition coefficient (Wildman–Crippen LogP) is 5.30. The van der Waals surface area contributed by atoms with E-state index in [1.165, 1.54) is 25.0 Å². The molecule has 0 aliphatic carbocycles. The Morgan fingerprint density at radius 1 is 1.19 bits per heavy atom. The summed E-state index contributed by atoms with van der Waals surface area (Å²) >= 11 is 0. The minimum atomic E-state index is -0.286. The number of likely N-dealkylation sites (tertiary alicyclic amines) is 3. The minimum Gasteiger partial charge on any atom is -0.358 e. The molecule has 3 heterocycles. The van der Waals surface area contributed by atoms with E-state index in [4.69, 9.17) is 5.73 Å². The molecule has 7 heteroatoms. The topological polar surface area (TPSA) is 76.6 Å². The summed E-state index contributed by atoms with van der Waals surface area (Å²) in [5.74, 6) is -0.149. The second-order valence-corrected chi connectivity index (χ2v) is 9.44. The van der Waals surface area contributed by atoms with E-state index in [2.05, 4.69) is 45.2 Å². The fraction of sp³-hybridized carbons (Fsp3) is 0.655. The molecule has 36 heavy (non-hydrogen) atoms. The lowest BCUT2D eigenvalue weighted by molar-refractivity contribution is -0.137. The Morgan fingerprint density at radius 3 is 2.31 bits per heavy atom. The normalized spacial score (nSPS) is 23.0. The first-order valence-electron chi connectivity index (χ1n) is 13.7. The van der Waals surface area contributed by atoms with Gasteiger partial charge in [0, 0.05) is 37.9 Å². The second-order valence-electron chi connectivity index (χ2n) is 9.44. The number of nitrogens with zero attached hydrogens (tertiary/aromatic N) is 4. The number of hydrogen-bond acceptors (Lipinski definition) is 5. The van der Waals surface area contributed by atoms with E-state index in [9.17, 15) is 14.4 Å². The van der Waals surface area contributed by atoms with Crippen LogP contribution in [0, 0.1) is 17.1 Å². The highest BCUT2D eigenvalue weighted by atomic mass is 19.1. The van der Waals surface area contributed by atoms with Gasteiger partial charge in [0.05, 0.1) is 18.2 Å². The van der Waals surface area contributed by atoms with Crippen molar-refractivity contribution in [2.45, 2.75) is 104 Å². The third-order valence-electron chi connectivity index (χ3n) is 6.29. The van der Waals surface area contributed by atoms with Crippen molar-refractivity contribution in [1.82, 2.24) is 14.7 Å². The van der Waals surface area contributed by atoms with Gasteiger partial charge in [0.15, 0.2) is 0 Å². The van der Waals surface area contributed by atoms with Crippen LogP contribution < -0.4 is 5.73 Å². The Kier molecular flexibility index (Phi) is 14.3. The molecular formula is C29H48FN5O. The van der Waals surface area contributed by atoms with Crippen molar-refractivity contribution in [1.29, 1.82) is 5.26 Å². The quantitative estimate of drug-likeness (QED) is 0.572. The van der Waals surface area contributed by atoms with Crippen molar-refractivity contribution in [3.63, 3.8) is 0 Å². The Hall–Kier alpha value is -2.43. The molecular weight excluding hydrogens is 453 g/mol. The lowest BCUT2D eigenvalue weighted by Gasteiger charge is -2.36. The SMILES string of the molecule is C=C(C(N)CN1C[C@@H]2CC1C(=O)N2Cc1ccc(F)cc1)N1CCCC1C#N.CC.CCC.CCC. The maximum Gasteiger partial charge on any atom is 0.240 e. The highest BCUT2D eigenvalue weighted by Gasteiger charge is 2.49. The molecule has 1 amide bonds. The molecule has 1 aromatic carbocycles. The van der Waals surface area contributed by atoms with Crippen LogP contribution in [0.15, 0.2) is 36.5 Å². The third-order valence-corrected chi connectivity index (χ3v) is 6.29. The maximum absolute atomic E-state index is 13.1. The molecule has 3 saturated heterocycles. The van der Waals surface area contributed by atoms with Crippen molar-refractivity contribution < 1.29 is 9.18 Å². The predicted molar refractivity (Wildman–Crippen MR) is 146 cm³/mol. The summed E-state index contributed by atoms with van der Waals surface area (Å²) in [6.45, 7) is 19.3. The Morgan fingerprint density at radius 2 is 1.78 bits per heavy atom. The van der Waals surface area contributed by atoms with E-state index in [0.29, 0.717) is 13.1 Å². The van der Waals surface area contributed by atoms with Gasteiger partial charge in [-0.05, 0) is 37.0 Å². The smallest absolute Gasteiger partial charge is 0.240 e. The molecule has 1 aromatic rings. The Balaban J connectivity index is 0.000000725. The van der Waals surface area contributed by atoms with E-state index < -0.39 is 0 Å². The lowest BCUT2D eigenvalue weighted by Crippen LogP contribution is -2.53. The molecule has 4 rings (SSSR count). The van der Waals surface area contributed by atoms with E-state index in [-0.39, 0.29) is 35.9 Å². The average molecular weight is 502 g/mol. The van der Waals surface area contributed by atoms with E-state index in [0.717, 1.165) is 43.6 Å². The summed E-state index contributed by atoms with van der Waals surface area (Å²) in [5, 5.41) is 9.28. The van der Waals surface area contributed by atoms with Gasteiger partial charge in [0.25, 0.3) is 0 Å². The van der Waals surface area contributed by atoms with Crippen LogP contribution in [-0.2, 0) is 11.3 Å². The first kappa shape index (κ1) is 31.6. The van der Waals surface area contributed by atoms with Crippen molar-refractivity contribution in [3.8, 4) is 6.07 Å². The molecule has 3 aliphatic rings. The number of amides is 1. The number of benzene rings is 1. The van der Waals surface area contributed by atoms with Crippen LogP contribution in [0.4, 0.5) is 4.39 Å². The van der Waals surface area contributed by atoms with Crippen LogP contribution >= 0.6 is 0 Å². The van der Waals surface area contributed by atoms with Crippen LogP contribution in [-0.4, -0.2) is 64.4 Å². The first-order valence-corrected chi connectivity index (χ1v) is 13.7. The van der Waals surface area contributed by atoms with Crippen molar-refractivity contribution in [3.05, 3.63) is 47.9 Å². The number of nitrogens with two attached hydrogens (primary N) is 1. The first-order chi connectivity index (χ1) is 17.3. The standard InChI is InChI=1S/C21H26FN5O.2C3H8.C2H6/c1-14(26-8-2-3-17(26)10-23)19(24)13-25-12-18-9-20(25)21(28)27(18)11-15-4-6-16(22)7-5-15;2*1-3-2;1-2/h4-7,17-20H,1-3,8-9,11-13,24H2;2*3H2,1-2H3;1-2H3/t17?,18-,19?,20?;;;/m0.../s1. The second kappa shape index (κ2) is 16.3. The number of carbonyl (C=O) groups is 1. The summed E-state index contributed by atoms with van der Waals surface area (Å²) in [6, 6.07) is 8.24. The Bertz CT molecular complexity index is 835. The molecule has 3 unspecified atom stereocenters. The minimum absolute atomic E-state index is 0.120. The van der Waals surface area contributed by atoms with Crippen molar-refractivity contribution >= 4 is 5.91 Å². The summed E-state index contributed by atoms with van der Waals surface area (Å²) in [7, 11) is 0. The molecule has 2 bridgehead atoms. The molecule has 6 nitrogen and oxygen atoms in total. The molecule has 4 atom stereocenters. The van der Waals surface area contributed by atoms with Crippen molar-refractivity contribution in [2.75, 3.05) is 19.6 Å². The van der Waals surface area contributed by atoms with Gasteiger partial charge in [-0.15, -0.1) is 0 Å². The molecule has 0 radical (unpaired) electrons. The van der Waals surface area contributed by atoms with E-state index >= 15 is 0 Å². The molecule has 3 fully saturated rings. The van der Waals surface area contributed by atoms with E-state index in [1.807, 2.05) is 23.6 Å². The van der Waals surface area contributed by atoms with Crippen molar-refractivity contribution in [2.24, 2.45) is 5.73 Å². The Labute approximate surface area is 218 Å². The molecule has 0 spiro atoms. The number of nitriles is 1. The number of hydrogen-bond donors (Lipinski definition) is 1. The summed E-state index contributed by atoms with van der Waals surface area (Å²) in [5.41, 5.74) is 8.12. The number of fused-ring (bicyclic) bond motifs is 2. The molecule has 3 aliphatic heterocycles. The van der Waals surface area contributed by atoms with E-state index in [1.54, 1.807) is 12.1 Å². The summed E-state index contributed by atoms with van der Waals surface area (Å²) < 4.78 is 13.1. The van der Waals surface area contributed by atoms with Gasteiger partial charge >= 0.3 is 0 Å². The van der Waals surface area contributed by atoms with Gasteiger partial charge in [0.2, 0.25) is 5.91 Å². The number of halogens is 1. The monoisotopic (exact) mass is 501 g/mol. The zero-order valence-electron chi connectivity index (χ0n) is 23.3. The fourth-order valence-corrected chi connectivity index (χ4v) is 4.74. The highest BCUT2D eigenvalue weighted by molar-refractivity contribution is 5.85. The molecule has 0 saturated carbocycles.